The van der Waals surface area contributed by atoms with Crippen LogP contribution in [0.4, 0.5) is 0 Å². The number of halogens is 1. The number of hydrogen-bond donors (Lipinski definition) is 0. The highest BCUT2D eigenvalue weighted by molar-refractivity contribution is 9.09. The van der Waals surface area contributed by atoms with Crippen molar-refractivity contribution in [3.63, 3.8) is 0 Å². The number of terminal acetylenes is 2. The van der Waals surface area contributed by atoms with E-state index in [1.54, 1.807) is 0 Å². The third kappa shape index (κ3) is 4.28. The van der Waals surface area contributed by atoms with E-state index in [-0.39, 0.29) is 19.3 Å². The van der Waals surface area contributed by atoms with Gasteiger partial charge in [-0.05, 0) is 48.5 Å². The van der Waals surface area contributed by atoms with Crippen molar-refractivity contribution in [3.8, 4) is 36.2 Å². The molecule has 1 aliphatic heterocycles. The van der Waals surface area contributed by atoms with Crippen LogP contribution in [0.25, 0.3) is 0 Å². The van der Waals surface area contributed by atoms with Gasteiger partial charge in [-0.2, -0.15) is 0 Å². The van der Waals surface area contributed by atoms with Crippen molar-refractivity contribution in [2.24, 2.45) is 0 Å². The van der Waals surface area contributed by atoms with Crippen LogP contribution in [0.15, 0.2) is 48.5 Å². The van der Waals surface area contributed by atoms with Crippen molar-refractivity contribution in [3.05, 3.63) is 59.7 Å². The zero-order valence-electron chi connectivity index (χ0n) is 14.7. The van der Waals surface area contributed by atoms with Crippen molar-refractivity contribution in [2.75, 3.05) is 25.2 Å². The van der Waals surface area contributed by atoms with Crippen LogP contribution in [0.2, 0.25) is 0 Å². The summed E-state index contributed by atoms with van der Waals surface area (Å²) >= 11 is 3.47. The molecule has 1 saturated heterocycles. The molecule has 1 unspecified atom stereocenters. The van der Waals surface area contributed by atoms with Crippen LogP contribution in [-0.2, 0) is 15.3 Å². The van der Waals surface area contributed by atoms with Crippen LogP contribution < -0.4 is 9.47 Å². The van der Waals surface area contributed by atoms with E-state index in [0.717, 1.165) is 11.1 Å². The SMILES string of the molecule is C#CCOc1ccc(C2(c3ccc(OCC#C)cc3)OCC(CBr)O2)cc1. The summed E-state index contributed by atoms with van der Waals surface area (Å²) in [4.78, 5) is 0. The Kier molecular flexibility index (Phi) is 6.42. The second-order valence-electron chi connectivity index (χ2n) is 5.86. The zero-order valence-corrected chi connectivity index (χ0v) is 16.3. The standard InChI is InChI=1S/C22H19BrO4/c1-3-13-24-19-9-5-17(6-10-19)22(26-16-21(15-23)27-22)18-7-11-20(12-8-18)25-14-4-2/h1-2,5-12,21H,13-16H2. The fourth-order valence-corrected chi connectivity index (χ4v) is 3.17. The van der Waals surface area contributed by atoms with Gasteiger partial charge in [0, 0.05) is 16.5 Å². The average Bonchev–Trinajstić information content (AvgIpc) is 3.17. The Morgan fingerprint density at radius 3 is 1.78 bits per heavy atom. The molecule has 1 heterocycles. The third-order valence-corrected chi connectivity index (χ3v) is 4.81. The first kappa shape index (κ1) is 19.3. The van der Waals surface area contributed by atoms with E-state index >= 15 is 0 Å². The van der Waals surface area contributed by atoms with Crippen LogP contribution >= 0.6 is 15.9 Å². The predicted octanol–water partition coefficient (Wildman–Crippen LogP) is 3.72. The first-order valence-electron chi connectivity index (χ1n) is 8.43. The fraction of sp³-hybridized carbons (Fsp3) is 0.273. The summed E-state index contributed by atoms with van der Waals surface area (Å²) in [6, 6.07) is 15.1. The van der Waals surface area contributed by atoms with Gasteiger partial charge >= 0.3 is 0 Å². The second-order valence-corrected chi connectivity index (χ2v) is 6.50. The number of benzene rings is 2. The lowest BCUT2D eigenvalue weighted by Gasteiger charge is -2.29. The minimum Gasteiger partial charge on any atom is -0.481 e. The summed E-state index contributed by atoms with van der Waals surface area (Å²) < 4.78 is 23.4. The molecule has 0 bridgehead atoms. The fourth-order valence-electron chi connectivity index (χ4n) is 2.85. The van der Waals surface area contributed by atoms with E-state index in [2.05, 4.69) is 27.8 Å². The Morgan fingerprint density at radius 2 is 1.41 bits per heavy atom. The van der Waals surface area contributed by atoms with Crippen molar-refractivity contribution < 1.29 is 18.9 Å². The number of alkyl halides is 1. The van der Waals surface area contributed by atoms with E-state index in [9.17, 15) is 0 Å². The molecule has 0 aromatic heterocycles. The summed E-state index contributed by atoms with van der Waals surface area (Å²) in [6.07, 6.45) is 10.4. The normalized spacial score (nSPS) is 17.7. The Balaban J connectivity index is 1.91. The molecule has 1 atom stereocenters. The van der Waals surface area contributed by atoms with Gasteiger partial charge in [0.2, 0.25) is 5.79 Å². The van der Waals surface area contributed by atoms with Crippen LogP contribution in [-0.4, -0.2) is 31.3 Å². The monoisotopic (exact) mass is 426 g/mol. The van der Waals surface area contributed by atoms with Gasteiger partial charge in [0.15, 0.2) is 0 Å². The smallest absolute Gasteiger partial charge is 0.222 e. The molecule has 27 heavy (non-hydrogen) atoms. The highest BCUT2D eigenvalue weighted by Gasteiger charge is 2.44. The van der Waals surface area contributed by atoms with E-state index in [0.29, 0.717) is 23.4 Å². The molecule has 2 aromatic rings. The van der Waals surface area contributed by atoms with E-state index in [1.807, 2.05) is 48.5 Å². The maximum absolute atomic E-state index is 6.30. The highest BCUT2D eigenvalue weighted by Crippen LogP contribution is 2.41. The molecule has 0 saturated carbocycles. The summed E-state index contributed by atoms with van der Waals surface area (Å²) in [7, 11) is 0. The first-order valence-corrected chi connectivity index (χ1v) is 9.55. The molecule has 0 amide bonds. The number of ether oxygens (including phenoxy) is 4. The van der Waals surface area contributed by atoms with Gasteiger partial charge in [0.25, 0.3) is 0 Å². The molecule has 138 valence electrons. The molecular formula is C22H19BrO4. The Hall–Kier alpha value is -2.44. The molecule has 0 radical (unpaired) electrons. The van der Waals surface area contributed by atoms with Gasteiger partial charge in [-0.15, -0.1) is 12.8 Å². The van der Waals surface area contributed by atoms with Crippen LogP contribution in [0.3, 0.4) is 0 Å². The molecule has 2 aromatic carbocycles. The molecule has 5 heteroatoms. The molecule has 0 aliphatic carbocycles. The van der Waals surface area contributed by atoms with E-state index in [1.165, 1.54) is 0 Å². The van der Waals surface area contributed by atoms with Crippen LogP contribution in [0, 0.1) is 24.7 Å². The molecule has 1 aliphatic rings. The van der Waals surface area contributed by atoms with Crippen molar-refractivity contribution in [2.45, 2.75) is 11.9 Å². The van der Waals surface area contributed by atoms with Crippen molar-refractivity contribution in [1.29, 1.82) is 0 Å². The van der Waals surface area contributed by atoms with Crippen LogP contribution in [0.5, 0.6) is 11.5 Å². The van der Waals surface area contributed by atoms with Gasteiger partial charge in [0.1, 0.15) is 24.7 Å². The molecule has 3 rings (SSSR count). The first-order chi connectivity index (χ1) is 13.2. The summed E-state index contributed by atoms with van der Waals surface area (Å²) in [6.45, 7) is 0.931. The number of hydrogen-bond acceptors (Lipinski definition) is 4. The summed E-state index contributed by atoms with van der Waals surface area (Å²) in [5, 5.41) is 0.682. The van der Waals surface area contributed by atoms with Gasteiger partial charge < -0.3 is 18.9 Å². The zero-order chi connectivity index (χ0) is 19.1. The van der Waals surface area contributed by atoms with E-state index in [4.69, 9.17) is 31.8 Å². The number of rotatable bonds is 7. The Bertz CT molecular complexity index is 769. The lowest BCUT2D eigenvalue weighted by atomic mass is 9.97. The maximum atomic E-state index is 6.30. The molecule has 1 fully saturated rings. The van der Waals surface area contributed by atoms with Gasteiger partial charge in [-0.1, -0.05) is 27.8 Å². The van der Waals surface area contributed by atoms with E-state index < -0.39 is 5.79 Å². The lowest BCUT2D eigenvalue weighted by Crippen LogP contribution is -2.30. The quantitative estimate of drug-likeness (QED) is 0.499. The maximum Gasteiger partial charge on any atom is 0.222 e. The lowest BCUT2D eigenvalue weighted by molar-refractivity contribution is -0.139. The van der Waals surface area contributed by atoms with Crippen LogP contribution in [0.1, 0.15) is 11.1 Å². The second kappa shape index (κ2) is 8.97. The van der Waals surface area contributed by atoms with Gasteiger partial charge in [0.05, 0.1) is 12.7 Å². The highest BCUT2D eigenvalue weighted by atomic mass is 79.9. The molecule has 0 spiro atoms. The largest absolute Gasteiger partial charge is 0.481 e. The third-order valence-electron chi connectivity index (χ3n) is 4.09. The minimum atomic E-state index is -0.992. The molecular weight excluding hydrogens is 408 g/mol. The van der Waals surface area contributed by atoms with Crippen molar-refractivity contribution >= 4 is 15.9 Å². The molecule has 0 N–H and O–H groups in total. The average molecular weight is 427 g/mol. The van der Waals surface area contributed by atoms with Gasteiger partial charge in [-0.3, -0.25) is 0 Å². The summed E-state index contributed by atoms with van der Waals surface area (Å²) in [5.74, 6) is 5.30. The molecule has 4 nitrogen and oxygen atoms in total. The Labute approximate surface area is 167 Å². The Morgan fingerprint density at radius 1 is 0.926 bits per heavy atom. The predicted molar refractivity (Wildman–Crippen MR) is 107 cm³/mol. The van der Waals surface area contributed by atoms with Gasteiger partial charge in [-0.25, -0.2) is 0 Å². The topological polar surface area (TPSA) is 36.9 Å². The minimum absolute atomic E-state index is 0.0558. The van der Waals surface area contributed by atoms with Crippen molar-refractivity contribution in [1.82, 2.24) is 0 Å². The summed E-state index contributed by atoms with van der Waals surface area (Å²) in [5.41, 5.74) is 1.74.